The summed E-state index contributed by atoms with van der Waals surface area (Å²) in [7, 11) is 0. The molecule has 0 aliphatic heterocycles. The van der Waals surface area contributed by atoms with Gasteiger partial charge in [-0.3, -0.25) is 0 Å². The van der Waals surface area contributed by atoms with E-state index in [1.54, 1.807) is 0 Å². The van der Waals surface area contributed by atoms with Gasteiger partial charge in [-0.05, 0) is 36.0 Å². The van der Waals surface area contributed by atoms with Crippen LogP contribution in [0.25, 0.3) is 5.57 Å². The minimum absolute atomic E-state index is 0.798. The lowest BCUT2D eigenvalue weighted by atomic mass is 9.96. The van der Waals surface area contributed by atoms with Crippen molar-refractivity contribution in [1.82, 2.24) is 0 Å². The minimum Gasteiger partial charge on any atom is -0.127 e. The Morgan fingerprint density at radius 1 is 0.682 bits per heavy atom. The monoisotopic (exact) mass is 312 g/mol. The third-order valence-electron chi connectivity index (χ3n) is 3.86. The zero-order valence-electron chi connectivity index (χ0n) is 13.2. The summed E-state index contributed by atoms with van der Waals surface area (Å²) >= 11 is 5.71. The first-order chi connectivity index (χ1) is 10.9. The molecule has 116 valence electrons. The fraction of sp³-hybridized carbons (Fsp3) is 0.333. The molecule has 0 atom stereocenters. The van der Waals surface area contributed by atoms with Crippen LogP contribution in [-0.4, -0.2) is 5.88 Å². The van der Waals surface area contributed by atoms with Crippen molar-refractivity contribution in [3.63, 3.8) is 0 Å². The maximum absolute atomic E-state index is 5.71. The highest BCUT2D eigenvalue weighted by molar-refractivity contribution is 6.17. The van der Waals surface area contributed by atoms with Crippen molar-refractivity contribution in [3.05, 3.63) is 77.9 Å². The molecule has 0 saturated carbocycles. The highest BCUT2D eigenvalue weighted by Gasteiger charge is 2.03. The van der Waals surface area contributed by atoms with E-state index < -0.39 is 0 Å². The average molecular weight is 313 g/mol. The predicted octanol–water partition coefficient (Wildman–Crippen LogP) is 6.70. The van der Waals surface area contributed by atoms with Crippen LogP contribution in [0.4, 0.5) is 0 Å². The van der Waals surface area contributed by atoms with Gasteiger partial charge in [0.1, 0.15) is 0 Å². The van der Waals surface area contributed by atoms with Gasteiger partial charge in [0.2, 0.25) is 0 Å². The molecule has 2 aromatic rings. The Labute approximate surface area is 139 Å². The lowest BCUT2D eigenvalue weighted by molar-refractivity contribution is 0.639. The Hall–Kier alpha value is -1.53. The third-order valence-corrected chi connectivity index (χ3v) is 4.12. The van der Waals surface area contributed by atoms with Crippen LogP contribution in [0.5, 0.6) is 0 Å². The van der Waals surface area contributed by atoms with E-state index in [4.69, 9.17) is 11.6 Å². The molecule has 22 heavy (non-hydrogen) atoms. The molecule has 0 spiro atoms. The number of benzene rings is 2. The largest absolute Gasteiger partial charge is 0.127 e. The van der Waals surface area contributed by atoms with E-state index in [0.717, 1.165) is 18.7 Å². The maximum atomic E-state index is 5.71. The van der Waals surface area contributed by atoms with E-state index in [0.29, 0.717) is 0 Å². The second kappa shape index (κ2) is 10.2. The van der Waals surface area contributed by atoms with Gasteiger partial charge in [0, 0.05) is 5.88 Å². The van der Waals surface area contributed by atoms with E-state index in [2.05, 4.69) is 66.7 Å². The van der Waals surface area contributed by atoms with E-state index in [1.165, 1.54) is 42.4 Å². The molecule has 0 amide bonds. The fourth-order valence-corrected chi connectivity index (χ4v) is 2.84. The summed E-state index contributed by atoms with van der Waals surface area (Å²) in [6.45, 7) is 0. The lowest BCUT2D eigenvalue weighted by Gasteiger charge is -2.09. The molecule has 0 heterocycles. The van der Waals surface area contributed by atoms with Gasteiger partial charge in [-0.1, -0.05) is 86.0 Å². The summed E-state index contributed by atoms with van der Waals surface area (Å²) in [5.41, 5.74) is 3.95. The van der Waals surface area contributed by atoms with Crippen molar-refractivity contribution in [3.8, 4) is 0 Å². The van der Waals surface area contributed by atoms with Gasteiger partial charge in [0.15, 0.2) is 0 Å². The molecule has 0 radical (unpaired) electrons. The molecule has 0 aliphatic carbocycles. The Kier molecular flexibility index (Phi) is 7.83. The van der Waals surface area contributed by atoms with Crippen molar-refractivity contribution < 1.29 is 0 Å². The SMILES string of the molecule is ClCCCCCCCC=C(c1ccccc1)c1ccccc1. The standard InChI is InChI=1S/C21H25Cl/c22-18-12-4-2-1-3-11-17-21(19-13-7-5-8-14-19)20-15-9-6-10-16-20/h5-10,13-17H,1-4,11-12,18H2. The van der Waals surface area contributed by atoms with E-state index >= 15 is 0 Å². The van der Waals surface area contributed by atoms with Gasteiger partial charge in [0.25, 0.3) is 0 Å². The van der Waals surface area contributed by atoms with Crippen LogP contribution < -0.4 is 0 Å². The van der Waals surface area contributed by atoms with E-state index in [-0.39, 0.29) is 0 Å². The Balaban J connectivity index is 1.98. The Morgan fingerprint density at radius 2 is 1.18 bits per heavy atom. The van der Waals surface area contributed by atoms with Crippen LogP contribution in [0.1, 0.15) is 49.7 Å². The molecule has 1 heteroatoms. The van der Waals surface area contributed by atoms with Gasteiger partial charge >= 0.3 is 0 Å². The molecule has 0 N–H and O–H groups in total. The molecule has 0 aliphatic rings. The smallest absolute Gasteiger partial charge is 0.0223 e. The van der Waals surface area contributed by atoms with E-state index in [9.17, 15) is 0 Å². The van der Waals surface area contributed by atoms with Crippen LogP contribution in [0.2, 0.25) is 0 Å². The van der Waals surface area contributed by atoms with Crippen molar-refractivity contribution in [2.45, 2.75) is 38.5 Å². The molecule has 0 aromatic heterocycles. The maximum Gasteiger partial charge on any atom is 0.0223 e. The van der Waals surface area contributed by atoms with E-state index in [1.807, 2.05) is 0 Å². The number of rotatable bonds is 9. The number of allylic oxidation sites excluding steroid dienone is 1. The fourth-order valence-electron chi connectivity index (χ4n) is 2.65. The first-order valence-electron chi connectivity index (χ1n) is 8.29. The number of hydrogen-bond acceptors (Lipinski definition) is 0. The quantitative estimate of drug-likeness (QED) is 0.357. The van der Waals surface area contributed by atoms with Crippen molar-refractivity contribution >= 4 is 17.2 Å². The Morgan fingerprint density at radius 3 is 1.73 bits per heavy atom. The van der Waals surface area contributed by atoms with Crippen molar-refractivity contribution in [1.29, 1.82) is 0 Å². The van der Waals surface area contributed by atoms with Gasteiger partial charge in [-0.15, -0.1) is 11.6 Å². The number of unbranched alkanes of at least 4 members (excludes halogenated alkanes) is 5. The molecule has 0 fully saturated rings. The third kappa shape index (κ3) is 5.69. The molecule has 2 rings (SSSR count). The average Bonchev–Trinajstić information content (AvgIpc) is 2.59. The summed E-state index contributed by atoms with van der Waals surface area (Å²) in [5, 5.41) is 0. The summed E-state index contributed by atoms with van der Waals surface area (Å²) in [5.74, 6) is 0.798. The topological polar surface area (TPSA) is 0 Å². The van der Waals surface area contributed by atoms with Crippen LogP contribution in [0.3, 0.4) is 0 Å². The van der Waals surface area contributed by atoms with Gasteiger partial charge in [-0.25, -0.2) is 0 Å². The first kappa shape index (κ1) is 16.8. The van der Waals surface area contributed by atoms with Crippen LogP contribution in [0, 0.1) is 0 Å². The van der Waals surface area contributed by atoms with Gasteiger partial charge < -0.3 is 0 Å². The summed E-state index contributed by atoms with van der Waals surface area (Å²) < 4.78 is 0. The number of alkyl halides is 1. The zero-order chi connectivity index (χ0) is 15.5. The summed E-state index contributed by atoms with van der Waals surface area (Å²) in [4.78, 5) is 0. The molecule has 0 unspecified atom stereocenters. The highest BCUT2D eigenvalue weighted by Crippen LogP contribution is 2.24. The predicted molar refractivity (Wildman–Crippen MR) is 98.4 cm³/mol. The second-order valence-electron chi connectivity index (χ2n) is 5.60. The lowest BCUT2D eigenvalue weighted by Crippen LogP contribution is -1.88. The summed E-state index contributed by atoms with van der Waals surface area (Å²) in [6, 6.07) is 21.4. The second-order valence-corrected chi connectivity index (χ2v) is 5.97. The van der Waals surface area contributed by atoms with Gasteiger partial charge in [-0.2, -0.15) is 0 Å². The minimum atomic E-state index is 0.798. The highest BCUT2D eigenvalue weighted by atomic mass is 35.5. The molecule has 0 bridgehead atoms. The first-order valence-corrected chi connectivity index (χ1v) is 8.82. The van der Waals surface area contributed by atoms with Crippen molar-refractivity contribution in [2.24, 2.45) is 0 Å². The number of halogens is 1. The van der Waals surface area contributed by atoms with Crippen molar-refractivity contribution in [2.75, 3.05) is 5.88 Å². The van der Waals surface area contributed by atoms with Crippen LogP contribution >= 0.6 is 11.6 Å². The molecule has 2 aromatic carbocycles. The van der Waals surface area contributed by atoms with Crippen LogP contribution in [0.15, 0.2) is 66.7 Å². The molecular formula is C21H25Cl. The Bertz CT molecular complexity index is 501. The summed E-state index contributed by atoms with van der Waals surface area (Å²) in [6.07, 6.45) is 9.79. The van der Waals surface area contributed by atoms with Gasteiger partial charge in [0.05, 0.1) is 0 Å². The molecular weight excluding hydrogens is 288 g/mol. The molecule has 0 saturated heterocycles. The molecule has 0 nitrogen and oxygen atoms in total. The van der Waals surface area contributed by atoms with Crippen LogP contribution in [-0.2, 0) is 0 Å². The zero-order valence-corrected chi connectivity index (χ0v) is 13.9. The number of hydrogen-bond donors (Lipinski definition) is 0. The normalized spacial score (nSPS) is 10.4.